The summed E-state index contributed by atoms with van der Waals surface area (Å²) in [6.07, 6.45) is 4.17. The van der Waals surface area contributed by atoms with Gasteiger partial charge < -0.3 is 52.3 Å². The molecule has 0 unspecified atom stereocenters. The zero-order valence-corrected chi connectivity index (χ0v) is 40.9. The molecule has 6 aromatic rings. The highest BCUT2D eigenvalue weighted by Gasteiger charge is 2.44. The van der Waals surface area contributed by atoms with Crippen LogP contribution >= 0.6 is 46.4 Å². The van der Waals surface area contributed by atoms with Crippen molar-refractivity contribution < 1.29 is 37.6 Å². The number of anilines is 7. The molecule has 0 saturated heterocycles. The van der Waals surface area contributed by atoms with Crippen molar-refractivity contribution in [1.82, 2.24) is 0 Å². The number of methoxy groups -OCH3 is 6. The second-order valence-electron chi connectivity index (χ2n) is 15.1. The molecule has 66 heavy (non-hydrogen) atoms. The Kier molecular flexibility index (Phi) is 12.6. The molecular weight excluding hydrogens is 940 g/mol. The van der Waals surface area contributed by atoms with E-state index in [-0.39, 0.29) is 38.2 Å². The largest absolute Gasteiger partial charge is 0.534 e. The van der Waals surface area contributed by atoms with Crippen LogP contribution in [0.3, 0.4) is 0 Å². The summed E-state index contributed by atoms with van der Waals surface area (Å²) in [5.41, 5.74) is 6.63. The predicted octanol–water partition coefficient (Wildman–Crippen LogP) is 12.0. The quantitative estimate of drug-likeness (QED) is 0.0789. The molecular formula is C50H43Cl4N3O8Si. The Bertz CT molecular complexity index is 2930. The summed E-state index contributed by atoms with van der Waals surface area (Å²) in [7, 11) is 6.51. The van der Waals surface area contributed by atoms with Gasteiger partial charge in [-0.3, -0.25) is 0 Å². The molecule has 6 aromatic carbocycles. The Morgan fingerprint density at radius 3 is 1.35 bits per heavy atom. The monoisotopic (exact) mass is 981 g/mol. The van der Waals surface area contributed by atoms with Crippen LogP contribution in [-0.2, 0) is 4.74 Å². The van der Waals surface area contributed by atoms with E-state index in [0.717, 1.165) is 50.2 Å². The maximum atomic E-state index is 7.61. The van der Waals surface area contributed by atoms with E-state index in [1.807, 2.05) is 109 Å². The van der Waals surface area contributed by atoms with Crippen LogP contribution in [0.15, 0.2) is 133 Å². The zero-order valence-electron chi connectivity index (χ0n) is 36.7. The molecule has 16 heteroatoms. The van der Waals surface area contributed by atoms with Crippen LogP contribution in [0.1, 0.15) is 6.42 Å². The molecule has 338 valence electrons. The molecule has 3 aliphatic rings. The first kappa shape index (κ1) is 44.9. The van der Waals surface area contributed by atoms with Crippen LogP contribution in [0.25, 0.3) is 0 Å². The second kappa shape index (κ2) is 18.5. The third-order valence-corrected chi connectivity index (χ3v) is 16.1. The molecule has 0 N–H and O–H groups in total. The lowest BCUT2D eigenvalue weighted by atomic mass is 10.1. The molecule has 1 atom stereocenters. The zero-order chi connectivity index (χ0) is 46.4. The van der Waals surface area contributed by atoms with Gasteiger partial charge in [0, 0.05) is 81.7 Å². The van der Waals surface area contributed by atoms with Crippen molar-refractivity contribution >= 4 is 106 Å². The number of allylic oxidation sites excluding steroid dienone is 2. The smallest absolute Gasteiger partial charge is 0.307 e. The van der Waals surface area contributed by atoms with E-state index < -0.39 is 9.04 Å². The normalized spacial score (nSPS) is 16.8. The number of nitrogens with zero attached hydrogens (tertiary/aromatic N) is 3. The fourth-order valence-corrected chi connectivity index (χ4v) is 12.4. The topological polar surface area (TPSA) is 83.6 Å². The fourth-order valence-electron chi connectivity index (χ4n) is 8.49. The van der Waals surface area contributed by atoms with Crippen LogP contribution in [0.2, 0.25) is 20.1 Å². The summed E-state index contributed by atoms with van der Waals surface area (Å²) in [4.78, 5) is 6.41. The molecule has 0 fully saturated rings. The van der Waals surface area contributed by atoms with E-state index in [0.29, 0.717) is 52.3 Å². The van der Waals surface area contributed by atoms with Crippen molar-refractivity contribution in [1.29, 1.82) is 0 Å². The molecule has 3 aliphatic heterocycles. The number of hydrogen-bond acceptors (Lipinski definition) is 11. The summed E-state index contributed by atoms with van der Waals surface area (Å²) in [6, 6.07) is 31.4. The van der Waals surface area contributed by atoms with Crippen LogP contribution in [0.5, 0.6) is 40.2 Å². The molecule has 0 spiro atoms. The molecule has 0 aromatic heterocycles. The molecule has 4 bridgehead atoms. The number of benzene rings is 6. The Balaban J connectivity index is 1.52. The van der Waals surface area contributed by atoms with E-state index in [9.17, 15) is 0 Å². The Morgan fingerprint density at radius 2 is 0.894 bits per heavy atom. The van der Waals surface area contributed by atoms with Crippen molar-refractivity contribution in [2.24, 2.45) is 0 Å². The van der Waals surface area contributed by atoms with Crippen LogP contribution in [-0.4, -0.2) is 58.3 Å². The molecule has 0 aliphatic carbocycles. The third kappa shape index (κ3) is 7.86. The minimum Gasteiger partial charge on any atom is -0.534 e. The molecule has 3 heterocycles. The van der Waals surface area contributed by atoms with Gasteiger partial charge in [0.05, 0.1) is 82.1 Å². The maximum Gasteiger partial charge on any atom is 0.307 e. The number of hydrogen-bond donors (Lipinski definition) is 0. The summed E-state index contributed by atoms with van der Waals surface area (Å²) in [5, 5.41) is 1.80. The lowest BCUT2D eigenvalue weighted by molar-refractivity contribution is 0.302. The standard InChI is InChI=1S/C50H43Cl4N3O8Si/c1-28-22-36(61-5)23-32-20-21-64-47-45(53)43(51)44(52)46(54)48(47)65-66-49-39(55(28)29-8-14-33(58-2)15-9-29)24-37(62-6)26-41(49)57(31-12-18-35(60-4)19-13-31)42-27-38(63-7)25-40(50(42)66)56(32)30-10-16-34(59-3)17-11-30/h8-19,22-27,66H,1,20-21H2,2-7H3/b32-23+,36-22+/t66-/m1/s1. The summed E-state index contributed by atoms with van der Waals surface area (Å²) in [6.45, 7) is 4.80. The Morgan fingerprint density at radius 1 is 0.485 bits per heavy atom. The van der Waals surface area contributed by atoms with Crippen molar-refractivity contribution in [3.63, 3.8) is 0 Å². The highest BCUT2D eigenvalue weighted by atomic mass is 35.5. The van der Waals surface area contributed by atoms with E-state index >= 15 is 0 Å². The van der Waals surface area contributed by atoms with Crippen LogP contribution in [0.4, 0.5) is 39.8 Å². The molecule has 11 nitrogen and oxygen atoms in total. The second-order valence-corrected chi connectivity index (χ2v) is 18.8. The van der Waals surface area contributed by atoms with Crippen molar-refractivity contribution in [2.45, 2.75) is 6.42 Å². The number of halogens is 4. The van der Waals surface area contributed by atoms with Gasteiger partial charge in [0.1, 0.15) is 44.6 Å². The number of fused-ring (bicyclic) bond motifs is 2. The van der Waals surface area contributed by atoms with E-state index in [4.69, 9.17) is 90.6 Å². The average molecular weight is 984 g/mol. The molecule has 0 amide bonds. The van der Waals surface area contributed by atoms with Gasteiger partial charge in [0.15, 0.2) is 11.5 Å². The van der Waals surface area contributed by atoms with Gasteiger partial charge in [0.25, 0.3) is 0 Å². The minimum absolute atomic E-state index is 0.0242. The minimum atomic E-state index is -3.31. The van der Waals surface area contributed by atoms with Crippen molar-refractivity contribution in [3.05, 3.63) is 153 Å². The maximum absolute atomic E-state index is 7.61. The van der Waals surface area contributed by atoms with Gasteiger partial charge >= 0.3 is 9.04 Å². The summed E-state index contributed by atoms with van der Waals surface area (Å²) >= 11 is 28.0. The van der Waals surface area contributed by atoms with Gasteiger partial charge in [-0.05, 0) is 72.8 Å². The molecule has 0 saturated carbocycles. The first-order chi connectivity index (χ1) is 32.0. The van der Waals surface area contributed by atoms with Gasteiger partial charge in [-0.25, -0.2) is 0 Å². The van der Waals surface area contributed by atoms with Crippen LogP contribution < -0.4 is 57.9 Å². The van der Waals surface area contributed by atoms with Crippen LogP contribution in [0, 0.1) is 0 Å². The predicted molar refractivity (Wildman–Crippen MR) is 267 cm³/mol. The third-order valence-electron chi connectivity index (χ3n) is 11.6. The van der Waals surface area contributed by atoms with Crippen molar-refractivity contribution in [2.75, 3.05) is 64.0 Å². The number of ether oxygens (including phenoxy) is 7. The van der Waals surface area contributed by atoms with Gasteiger partial charge in [-0.1, -0.05) is 53.0 Å². The SMILES string of the molecule is C=C1/C=C(OC)\C=C2/CCOc3c(Cl)c(Cl)c(Cl)c(Cl)c3O[Si@@H]3c4c(cc(OC)cc4N(c4ccc(OC)cc4)c4cc(OC)cc(c43)N2c2ccc(OC)cc2)N1c1ccc(OC)cc1. The average Bonchev–Trinajstić information content (AvgIpc) is 3.37. The van der Waals surface area contributed by atoms with Gasteiger partial charge in [0.2, 0.25) is 0 Å². The fraction of sp³-hybridized carbons (Fsp3) is 0.160. The Labute approximate surface area is 404 Å². The summed E-state index contributed by atoms with van der Waals surface area (Å²) < 4.78 is 49.8. The summed E-state index contributed by atoms with van der Waals surface area (Å²) in [5.74, 6) is 3.97. The molecule has 9 rings (SSSR count). The highest BCUT2D eigenvalue weighted by Crippen LogP contribution is 2.53. The van der Waals surface area contributed by atoms with Gasteiger partial charge in [-0.15, -0.1) is 0 Å². The van der Waals surface area contributed by atoms with Gasteiger partial charge in [-0.2, -0.15) is 0 Å². The first-order valence-corrected chi connectivity index (χ1v) is 23.7. The molecule has 0 radical (unpaired) electrons. The lowest BCUT2D eigenvalue weighted by Gasteiger charge is -2.42. The van der Waals surface area contributed by atoms with E-state index in [1.54, 1.807) is 42.7 Å². The Hall–Kier alpha value is -6.28. The number of rotatable bonds is 9. The van der Waals surface area contributed by atoms with Crippen molar-refractivity contribution in [3.8, 4) is 40.2 Å². The highest BCUT2D eigenvalue weighted by molar-refractivity contribution is 6.86. The van der Waals surface area contributed by atoms with E-state index in [1.165, 1.54) is 0 Å². The lowest BCUT2D eigenvalue weighted by Crippen LogP contribution is -2.56. The first-order valence-electron chi connectivity index (χ1n) is 20.6. The van der Waals surface area contributed by atoms with E-state index in [2.05, 4.69) is 14.7 Å².